The van der Waals surface area contributed by atoms with Gasteiger partial charge in [0.05, 0.1) is 29.9 Å². The number of benzene rings is 3. The molecule has 0 fully saturated rings. The van der Waals surface area contributed by atoms with Gasteiger partial charge in [0.25, 0.3) is 0 Å². The van der Waals surface area contributed by atoms with Gasteiger partial charge in [-0.05, 0) is 78.4 Å². The molecule has 3 aromatic carbocycles. The maximum atomic E-state index is 11.0. The molecular weight excluding hydrogens is 434 g/mol. The van der Waals surface area contributed by atoms with Crippen LogP contribution in [0.15, 0.2) is 66.7 Å². The van der Waals surface area contributed by atoms with Gasteiger partial charge in [-0.1, -0.05) is 18.2 Å². The molecule has 1 N–H and O–H groups in total. The van der Waals surface area contributed by atoms with Crippen LogP contribution >= 0.6 is 11.3 Å². The minimum absolute atomic E-state index is 0.126. The van der Waals surface area contributed by atoms with E-state index in [0.29, 0.717) is 13.2 Å². The Hall–Kier alpha value is -3.38. The third kappa shape index (κ3) is 5.01. The van der Waals surface area contributed by atoms with Gasteiger partial charge in [-0.2, -0.15) is 0 Å². The molecule has 0 saturated carbocycles. The number of nitrogens with zero attached hydrogens (tertiary/aromatic N) is 1. The largest absolute Gasteiger partial charge is 0.493 e. The third-order valence-electron chi connectivity index (χ3n) is 5.96. The second-order valence-electron chi connectivity index (χ2n) is 8.26. The molecule has 0 spiro atoms. The molecule has 1 atom stereocenters. The van der Waals surface area contributed by atoms with Gasteiger partial charge in [0, 0.05) is 12.0 Å². The summed E-state index contributed by atoms with van der Waals surface area (Å²) in [7, 11) is 0. The lowest BCUT2D eigenvalue weighted by molar-refractivity contribution is -0.137. The van der Waals surface area contributed by atoms with E-state index in [2.05, 4.69) is 12.1 Å². The highest BCUT2D eigenvalue weighted by atomic mass is 32.1. The predicted octanol–water partition coefficient (Wildman–Crippen LogP) is 6.32. The monoisotopic (exact) mass is 459 g/mol. The molecule has 168 valence electrons. The minimum Gasteiger partial charge on any atom is -0.493 e. The van der Waals surface area contributed by atoms with Gasteiger partial charge < -0.3 is 14.6 Å². The molecule has 1 aromatic heterocycles. The Labute approximate surface area is 196 Å². The quantitative estimate of drug-likeness (QED) is 0.297. The van der Waals surface area contributed by atoms with E-state index in [0.717, 1.165) is 52.4 Å². The van der Waals surface area contributed by atoms with Crippen molar-refractivity contribution in [2.24, 2.45) is 0 Å². The number of hydrogen-bond acceptors (Lipinski definition) is 5. The number of carboxylic acids is 1. The molecule has 1 aliphatic rings. The molecule has 0 amide bonds. The normalized spacial score (nSPS) is 14.8. The molecular formula is C27H25NO4S. The van der Waals surface area contributed by atoms with Crippen molar-refractivity contribution in [3.8, 4) is 22.1 Å². The van der Waals surface area contributed by atoms with Crippen LogP contribution in [0.1, 0.15) is 36.3 Å². The minimum atomic E-state index is -0.737. The van der Waals surface area contributed by atoms with Crippen molar-refractivity contribution < 1.29 is 19.4 Å². The lowest BCUT2D eigenvalue weighted by Gasteiger charge is -2.11. The maximum Gasteiger partial charge on any atom is 0.303 e. The summed E-state index contributed by atoms with van der Waals surface area (Å²) < 4.78 is 12.9. The van der Waals surface area contributed by atoms with Crippen LogP contribution in [0.4, 0.5) is 0 Å². The van der Waals surface area contributed by atoms with E-state index in [1.807, 2.05) is 54.6 Å². The van der Waals surface area contributed by atoms with E-state index >= 15 is 0 Å². The van der Waals surface area contributed by atoms with E-state index in [-0.39, 0.29) is 12.3 Å². The van der Waals surface area contributed by atoms with Crippen LogP contribution in [-0.2, 0) is 11.2 Å². The van der Waals surface area contributed by atoms with Gasteiger partial charge in [-0.15, -0.1) is 11.3 Å². The highest BCUT2D eigenvalue weighted by Crippen LogP contribution is 2.37. The highest BCUT2D eigenvalue weighted by molar-refractivity contribution is 7.21. The standard InChI is InChI=1S/C27H25NO4S/c29-26(30)17-20-7-6-19-16-22(12-13-23(19)20)32-15-3-14-31-21-10-8-18(9-11-21)27-28-24-4-1-2-5-25(24)33-27/h1-2,4-5,8-13,16,20H,3,6-7,14-15,17H2,(H,29,30)/t20-/m0/s1. The summed E-state index contributed by atoms with van der Waals surface area (Å²) in [5.41, 5.74) is 4.49. The summed E-state index contributed by atoms with van der Waals surface area (Å²) in [4.78, 5) is 15.7. The van der Waals surface area contributed by atoms with Gasteiger partial charge in [-0.3, -0.25) is 4.79 Å². The molecule has 33 heavy (non-hydrogen) atoms. The maximum absolute atomic E-state index is 11.0. The van der Waals surface area contributed by atoms with Crippen molar-refractivity contribution >= 4 is 27.5 Å². The third-order valence-corrected chi connectivity index (χ3v) is 7.04. The Morgan fingerprint density at radius 3 is 2.55 bits per heavy atom. The fraction of sp³-hybridized carbons (Fsp3) is 0.259. The van der Waals surface area contributed by atoms with E-state index in [1.54, 1.807) is 11.3 Å². The summed E-state index contributed by atoms with van der Waals surface area (Å²) in [5.74, 6) is 1.06. The lowest BCUT2D eigenvalue weighted by atomic mass is 9.98. The van der Waals surface area contributed by atoms with Crippen LogP contribution < -0.4 is 9.47 Å². The van der Waals surface area contributed by atoms with E-state index in [4.69, 9.17) is 19.6 Å². The number of para-hydroxylation sites is 1. The topological polar surface area (TPSA) is 68.7 Å². The van der Waals surface area contributed by atoms with Gasteiger partial charge in [-0.25, -0.2) is 4.98 Å². The number of aliphatic carboxylic acids is 1. The zero-order valence-corrected chi connectivity index (χ0v) is 19.0. The predicted molar refractivity (Wildman–Crippen MR) is 130 cm³/mol. The van der Waals surface area contributed by atoms with Crippen LogP contribution in [0.2, 0.25) is 0 Å². The smallest absolute Gasteiger partial charge is 0.303 e. The number of rotatable bonds is 9. The summed E-state index contributed by atoms with van der Waals surface area (Å²) in [6.45, 7) is 1.15. The number of fused-ring (bicyclic) bond motifs is 2. The Morgan fingerprint density at radius 1 is 1.00 bits per heavy atom. The van der Waals surface area contributed by atoms with Gasteiger partial charge in [0.2, 0.25) is 0 Å². The second kappa shape index (κ2) is 9.63. The summed E-state index contributed by atoms with van der Waals surface area (Å²) in [5, 5.41) is 10.1. The van der Waals surface area contributed by atoms with E-state index in [9.17, 15) is 4.79 Å². The molecule has 0 unspecified atom stereocenters. The average Bonchev–Trinajstić information content (AvgIpc) is 3.43. The van der Waals surface area contributed by atoms with E-state index in [1.165, 1.54) is 10.3 Å². The molecule has 5 nitrogen and oxygen atoms in total. The number of hydrogen-bond donors (Lipinski definition) is 1. The number of carbonyl (C=O) groups is 1. The summed E-state index contributed by atoms with van der Waals surface area (Å²) >= 11 is 1.69. The number of ether oxygens (including phenoxy) is 2. The first-order valence-electron chi connectivity index (χ1n) is 11.2. The molecule has 0 radical (unpaired) electrons. The van der Waals surface area contributed by atoms with Gasteiger partial charge in [0.1, 0.15) is 16.5 Å². The molecule has 1 aliphatic carbocycles. The Balaban J connectivity index is 1.08. The number of thiazole rings is 1. The lowest BCUT2D eigenvalue weighted by Crippen LogP contribution is -2.05. The Morgan fingerprint density at radius 2 is 1.76 bits per heavy atom. The van der Waals surface area contributed by atoms with Crippen LogP contribution in [-0.4, -0.2) is 29.3 Å². The second-order valence-corrected chi connectivity index (χ2v) is 9.29. The SMILES string of the molecule is O=C(O)C[C@@H]1CCc2cc(OCCCOc3ccc(-c4nc5ccccc5s4)cc3)ccc21. The van der Waals surface area contributed by atoms with Crippen molar-refractivity contribution in [2.45, 2.75) is 31.6 Å². The fourth-order valence-corrected chi connectivity index (χ4v) is 5.29. The van der Waals surface area contributed by atoms with Crippen LogP contribution in [0.5, 0.6) is 11.5 Å². The number of carboxylic acid groups (broad SMARTS) is 1. The molecule has 1 heterocycles. The van der Waals surface area contributed by atoms with Gasteiger partial charge in [0.15, 0.2) is 0 Å². The van der Waals surface area contributed by atoms with Crippen LogP contribution in [0.3, 0.4) is 0 Å². The van der Waals surface area contributed by atoms with Crippen molar-refractivity contribution in [1.29, 1.82) is 0 Å². The van der Waals surface area contributed by atoms with Gasteiger partial charge >= 0.3 is 5.97 Å². The number of aromatic nitrogens is 1. The first-order valence-corrected chi connectivity index (χ1v) is 12.0. The highest BCUT2D eigenvalue weighted by Gasteiger charge is 2.24. The number of aryl methyl sites for hydroxylation is 1. The van der Waals surface area contributed by atoms with Crippen molar-refractivity contribution in [2.75, 3.05) is 13.2 Å². The zero-order chi connectivity index (χ0) is 22.6. The first-order chi connectivity index (χ1) is 16.2. The zero-order valence-electron chi connectivity index (χ0n) is 18.2. The van der Waals surface area contributed by atoms with Crippen LogP contribution in [0.25, 0.3) is 20.8 Å². The molecule has 5 rings (SSSR count). The van der Waals surface area contributed by atoms with E-state index < -0.39 is 5.97 Å². The molecule has 6 heteroatoms. The first kappa shape index (κ1) is 21.5. The molecule has 0 bridgehead atoms. The Kier molecular flexibility index (Phi) is 6.26. The van der Waals surface area contributed by atoms with Crippen molar-refractivity contribution in [3.05, 3.63) is 77.9 Å². The average molecular weight is 460 g/mol. The van der Waals surface area contributed by atoms with Crippen molar-refractivity contribution in [3.63, 3.8) is 0 Å². The fourth-order valence-electron chi connectivity index (χ4n) is 4.32. The molecule has 0 aliphatic heterocycles. The summed E-state index contributed by atoms with van der Waals surface area (Å²) in [6.07, 6.45) is 2.79. The Bertz CT molecular complexity index is 1230. The molecule has 0 saturated heterocycles. The van der Waals surface area contributed by atoms with Crippen molar-refractivity contribution in [1.82, 2.24) is 4.98 Å². The van der Waals surface area contributed by atoms with Crippen LogP contribution in [0, 0.1) is 0 Å². The molecule has 4 aromatic rings. The summed E-state index contributed by atoms with van der Waals surface area (Å²) in [6, 6.07) is 22.3.